The first kappa shape index (κ1) is 93.7. The highest BCUT2D eigenvalue weighted by atomic mass is 16.8. The molecule has 2 amide bonds. The summed E-state index contributed by atoms with van der Waals surface area (Å²) in [6.07, 6.45) is 33.9. The van der Waals surface area contributed by atoms with Crippen molar-refractivity contribution in [1.82, 2.24) is 10.6 Å². The summed E-state index contributed by atoms with van der Waals surface area (Å²) in [5.74, 6) is -6.13. The Kier molecular flexibility index (Phi) is 53.7. The first-order valence-corrected chi connectivity index (χ1v) is 41.1. The Morgan fingerprint density at radius 2 is 0.912 bits per heavy atom. The van der Waals surface area contributed by atoms with Gasteiger partial charge in [0.2, 0.25) is 11.8 Å². The summed E-state index contributed by atoms with van der Waals surface area (Å²) in [5, 5.41) is 136. The number of carboxylic acid groups (broad SMARTS) is 1. The van der Waals surface area contributed by atoms with Gasteiger partial charge in [-0.15, -0.1) is 0 Å². The topological polar surface area (TPSA) is 373 Å². The highest BCUT2D eigenvalue weighted by Gasteiger charge is 2.60. The van der Waals surface area contributed by atoms with Gasteiger partial charge in [-0.25, -0.2) is 4.79 Å². The van der Waals surface area contributed by atoms with Gasteiger partial charge in [-0.3, -0.25) is 9.59 Å². The molecule has 3 saturated heterocycles. The Morgan fingerprint density at radius 3 is 1.30 bits per heavy atom. The predicted molar refractivity (Wildman–Crippen MR) is 394 cm³/mol. The maximum atomic E-state index is 13.5. The van der Waals surface area contributed by atoms with Crippen molar-refractivity contribution in [3.05, 3.63) is 12.2 Å². The summed E-state index contributed by atoms with van der Waals surface area (Å²) in [6, 6.07) is -2.62. The Bertz CT molecular complexity index is 2080. The molecule has 23 nitrogen and oxygen atoms in total. The number of rotatable bonds is 65. The second kappa shape index (κ2) is 58.5. The summed E-state index contributed by atoms with van der Waals surface area (Å²) in [6.45, 7) is 2.20. The summed E-state index contributed by atoms with van der Waals surface area (Å²) >= 11 is 0. The van der Waals surface area contributed by atoms with E-state index >= 15 is 0 Å². The lowest BCUT2D eigenvalue weighted by Gasteiger charge is -2.50. The molecule has 0 radical (unpaired) electrons. The molecule has 0 aromatic rings. The molecule has 600 valence electrons. The van der Waals surface area contributed by atoms with Crippen LogP contribution in [-0.2, 0) is 42.8 Å². The zero-order valence-corrected chi connectivity index (χ0v) is 63.5. The number of aliphatic hydroxyl groups excluding tert-OH is 11. The highest BCUT2D eigenvalue weighted by Crippen LogP contribution is 2.39. The van der Waals surface area contributed by atoms with Crippen molar-refractivity contribution in [3.8, 4) is 0 Å². The minimum absolute atomic E-state index is 0.206. The van der Waals surface area contributed by atoms with E-state index in [9.17, 15) is 75.7 Å². The van der Waals surface area contributed by atoms with Crippen molar-refractivity contribution in [2.75, 3.05) is 26.4 Å². The fraction of sp³-hybridized carbons (Fsp3) is 0.937. The lowest BCUT2D eigenvalue weighted by Crippen LogP contribution is -2.70. The molecule has 0 saturated carbocycles. The first-order valence-electron chi connectivity index (χ1n) is 41.1. The Labute approximate surface area is 613 Å². The van der Waals surface area contributed by atoms with E-state index in [1.165, 1.54) is 244 Å². The van der Waals surface area contributed by atoms with E-state index in [0.717, 1.165) is 51.9 Å². The van der Waals surface area contributed by atoms with Crippen LogP contribution < -0.4 is 10.6 Å². The lowest BCUT2D eigenvalue weighted by atomic mass is 9.88. The van der Waals surface area contributed by atoms with Crippen LogP contribution in [0.5, 0.6) is 0 Å². The van der Waals surface area contributed by atoms with Gasteiger partial charge in [0.05, 0.1) is 50.7 Å². The van der Waals surface area contributed by atoms with E-state index in [-0.39, 0.29) is 12.3 Å². The minimum Gasteiger partial charge on any atom is -0.477 e. The number of allylic oxidation sites excluding steroid dienone is 1. The predicted octanol–water partition coefficient (Wildman–Crippen LogP) is 11.0. The standard InChI is InChI=1S/C79H148N2O21/c1-4-6-8-10-12-14-16-18-20-22-24-26-28-29-31-32-34-36-38-40-42-44-46-48-50-52-61(86)60(81-66(89)53-51-49-47-45-43-41-39-37-35-33-30-27-25-23-21-19-17-15-13-11-9-7-5-2)58-97-76-71(93)70(92)73(65(57-84)99-76)100-77-72(94)75(69(91)64(56-83)98-77)102-79(78(95)96)54-62(87)67(80-59(3)85)74(101-79)68(90)63(88)55-82/h50,52,60-65,67-77,82-84,86-88,90-94H,4-49,51,53-58H2,1-3H3,(H,80,85)(H,81,89)(H,95,96)/b52-50+. The number of hydrogen-bond donors (Lipinski definition) is 14. The summed E-state index contributed by atoms with van der Waals surface area (Å²) in [5.41, 5.74) is 0. The number of ether oxygens (including phenoxy) is 6. The van der Waals surface area contributed by atoms with Crippen molar-refractivity contribution >= 4 is 17.8 Å². The van der Waals surface area contributed by atoms with E-state index in [1.54, 1.807) is 6.08 Å². The smallest absolute Gasteiger partial charge is 0.364 e. The van der Waals surface area contributed by atoms with Crippen molar-refractivity contribution in [2.45, 2.75) is 445 Å². The van der Waals surface area contributed by atoms with Crippen LogP contribution in [0.4, 0.5) is 0 Å². The fourth-order valence-electron chi connectivity index (χ4n) is 14.5. The van der Waals surface area contributed by atoms with Crippen LogP contribution in [0.2, 0.25) is 0 Å². The monoisotopic (exact) mass is 1460 g/mol. The van der Waals surface area contributed by atoms with Gasteiger partial charge in [0.25, 0.3) is 5.79 Å². The van der Waals surface area contributed by atoms with Gasteiger partial charge in [0, 0.05) is 19.8 Å². The van der Waals surface area contributed by atoms with Crippen LogP contribution in [0, 0.1) is 0 Å². The number of nitrogens with one attached hydrogen (secondary N) is 2. The number of aliphatic hydroxyl groups is 11. The maximum absolute atomic E-state index is 13.5. The van der Waals surface area contributed by atoms with Crippen LogP contribution in [-0.4, -0.2) is 215 Å². The first-order chi connectivity index (χ1) is 49.4. The molecule has 102 heavy (non-hydrogen) atoms. The Hall–Kier alpha value is -2.53. The number of hydrogen-bond acceptors (Lipinski definition) is 20. The fourth-order valence-corrected chi connectivity index (χ4v) is 14.5. The van der Waals surface area contributed by atoms with E-state index in [4.69, 9.17) is 28.4 Å². The molecule has 3 fully saturated rings. The average Bonchev–Trinajstić information content (AvgIpc) is 0.756. The van der Waals surface area contributed by atoms with Gasteiger partial charge >= 0.3 is 5.97 Å². The third kappa shape index (κ3) is 38.5. The molecular weight excluding hydrogens is 1310 g/mol. The third-order valence-corrected chi connectivity index (χ3v) is 21.0. The van der Waals surface area contributed by atoms with Crippen LogP contribution >= 0.6 is 0 Å². The molecule has 18 unspecified atom stereocenters. The van der Waals surface area contributed by atoms with Crippen LogP contribution in [0.25, 0.3) is 0 Å². The molecule has 0 aliphatic carbocycles. The molecule has 3 aliphatic rings. The molecule has 18 atom stereocenters. The number of carbonyl (C=O) groups excluding carboxylic acids is 2. The molecule has 0 aromatic heterocycles. The van der Waals surface area contributed by atoms with Gasteiger partial charge in [-0.1, -0.05) is 309 Å². The molecule has 0 aromatic carbocycles. The van der Waals surface area contributed by atoms with E-state index in [0.29, 0.717) is 12.8 Å². The minimum atomic E-state index is -3.08. The average molecular weight is 1460 g/mol. The summed E-state index contributed by atoms with van der Waals surface area (Å²) in [4.78, 5) is 38.7. The number of aliphatic carboxylic acids is 1. The largest absolute Gasteiger partial charge is 0.477 e. The second-order valence-corrected chi connectivity index (χ2v) is 30.0. The van der Waals surface area contributed by atoms with Crippen LogP contribution in [0.1, 0.15) is 335 Å². The molecule has 14 N–H and O–H groups in total. The third-order valence-electron chi connectivity index (χ3n) is 21.0. The Balaban J connectivity index is 1.52. The second-order valence-electron chi connectivity index (χ2n) is 30.0. The summed E-state index contributed by atoms with van der Waals surface area (Å²) in [7, 11) is 0. The zero-order chi connectivity index (χ0) is 74.6. The van der Waals surface area contributed by atoms with Gasteiger partial charge in [0.15, 0.2) is 12.6 Å². The van der Waals surface area contributed by atoms with Crippen molar-refractivity contribution in [2.24, 2.45) is 0 Å². The maximum Gasteiger partial charge on any atom is 0.364 e. The van der Waals surface area contributed by atoms with Crippen LogP contribution in [0.15, 0.2) is 12.2 Å². The van der Waals surface area contributed by atoms with Gasteiger partial charge < -0.3 is 100 Å². The Morgan fingerprint density at radius 1 is 0.510 bits per heavy atom. The van der Waals surface area contributed by atoms with Crippen molar-refractivity contribution < 1.29 is 104 Å². The van der Waals surface area contributed by atoms with Gasteiger partial charge in [-0.05, 0) is 19.3 Å². The van der Waals surface area contributed by atoms with Crippen LogP contribution in [0.3, 0.4) is 0 Å². The lowest BCUT2D eigenvalue weighted by molar-refractivity contribution is -0.386. The molecular formula is C79H148N2O21. The normalized spacial score (nSPS) is 26.7. The zero-order valence-electron chi connectivity index (χ0n) is 63.5. The molecule has 3 rings (SSSR count). The SMILES string of the molecule is CCCCCCCCCCCCCCCCCCCCCCCCC/C=C/C(O)C(COC1OC(CO)C(OC2OC(CO)C(O)C(OC3(C(=O)O)CC(O)C(NC(C)=O)C(C(O)C(O)CO)O3)C2O)C(O)C1O)NC(=O)CCCCCCCCCCCCCCCCCCCCCCCCC. The number of carbonyl (C=O) groups is 3. The van der Waals surface area contributed by atoms with Crippen molar-refractivity contribution in [1.29, 1.82) is 0 Å². The van der Waals surface area contributed by atoms with E-state index in [2.05, 4.69) is 24.5 Å². The molecule has 0 spiro atoms. The molecule has 23 heteroatoms. The number of carboxylic acids is 1. The summed E-state index contributed by atoms with van der Waals surface area (Å²) < 4.78 is 34.9. The van der Waals surface area contributed by atoms with Gasteiger partial charge in [-0.2, -0.15) is 0 Å². The molecule has 3 aliphatic heterocycles. The molecule has 3 heterocycles. The molecule has 0 bridgehead atoms. The van der Waals surface area contributed by atoms with E-state index in [1.807, 2.05) is 6.08 Å². The van der Waals surface area contributed by atoms with Crippen molar-refractivity contribution in [3.63, 3.8) is 0 Å². The van der Waals surface area contributed by atoms with E-state index < -0.39 is 155 Å². The quantitative estimate of drug-likeness (QED) is 0.0199. The highest BCUT2D eigenvalue weighted by molar-refractivity contribution is 5.77. The number of unbranched alkanes of at least 4 members (excludes halogenated alkanes) is 45. The van der Waals surface area contributed by atoms with Gasteiger partial charge in [0.1, 0.15) is 67.1 Å². The number of amides is 2.